The average molecular weight is 1170 g/mol. The van der Waals surface area contributed by atoms with Gasteiger partial charge >= 0.3 is 23.9 Å². The van der Waals surface area contributed by atoms with Crippen LogP contribution in [0, 0.1) is 0 Å². The number of carbonyl (C=O) groups is 4. The number of hydrogen-bond acceptors (Lipinski definition) is 11. The van der Waals surface area contributed by atoms with Gasteiger partial charge in [0.1, 0.15) is 18.8 Å². The van der Waals surface area contributed by atoms with Gasteiger partial charge in [-0.2, -0.15) is 0 Å². The molecule has 0 radical (unpaired) electrons. The van der Waals surface area contributed by atoms with Gasteiger partial charge in [0.15, 0.2) is 24.6 Å². The molecule has 6 unspecified atom stereocenters. The molecule has 1 aliphatic rings. The second-order valence-electron chi connectivity index (χ2n) is 23.4. The zero-order chi connectivity index (χ0) is 60.3. The third kappa shape index (κ3) is 48.3. The maximum atomic E-state index is 13.2. The number of carbonyl (C=O) groups excluding carboxylic acids is 3. The molecule has 0 amide bonds. The van der Waals surface area contributed by atoms with Crippen molar-refractivity contribution in [2.24, 2.45) is 0 Å². The molecule has 1 fully saturated rings. The first-order chi connectivity index (χ1) is 40.6. The van der Waals surface area contributed by atoms with E-state index in [1.807, 2.05) is 0 Å². The van der Waals surface area contributed by atoms with Crippen LogP contribution in [0.25, 0.3) is 0 Å². The minimum absolute atomic E-state index is 0.0559. The van der Waals surface area contributed by atoms with Crippen molar-refractivity contribution < 1.29 is 58.2 Å². The molecule has 12 heteroatoms. The lowest BCUT2D eigenvalue weighted by atomic mass is 9.98. The van der Waals surface area contributed by atoms with Gasteiger partial charge < -0.3 is 39.0 Å². The molecule has 0 aliphatic carbocycles. The minimum atomic E-state index is -1.91. The van der Waals surface area contributed by atoms with Crippen molar-refractivity contribution in [3.8, 4) is 0 Å². The quantitative estimate of drug-likeness (QED) is 0.0228. The lowest BCUT2D eigenvalue weighted by molar-refractivity contribution is -0.301. The summed E-state index contributed by atoms with van der Waals surface area (Å²) in [5.41, 5.74) is 0. The molecule has 6 atom stereocenters. The number of ether oxygens (including phenoxy) is 5. The Morgan fingerprint density at radius 1 is 0.410 bits per heavy atom. The summed E-state index contributed by atoms with van der Waals surface area (Å²) in [6, 6.07) is 0. The van der Waals surface area contributed by atoms with Crippen LogP contribution >= 0.6 is 0 Å². The Labute approximate surface area is 506 Å². The van der Waals surface area contributed by atoms with E-state index in [2.05, 4.69) is 81.5 Å². The topological polar surface area (TPSA) is 175 Å². The Morgan fingerprint density at radius 2 is 0.759 bits per heavy atom. The van der Waals surface area contributed by atoms with Crippen molar-refractivity contribution in [1.29, 1.82) is 0 Å². The number of allylic oxidation sites excluding steroid dienone is 10. The van der Waals surface area contributed by atoms with Crippen molar-refractivity contribution in [1.82, 2.24) is 0 Å². The third-order valence-corrected chi connectivity index (χ3v) is 15.6. The minimum Gasteiger partial charge on any atom is -0.479 e. The van der Waals surface area contributed by atoms with Crippen molar-refractivity contribution in [2.45, 2.75) is 353 Å². The highest BCUT2D eigenvalue weighted by Crippen LogP contribution is 2.27. The first-order valence-electron chi connectivity index (χ1n) is 34.3. The summed E-state index contributed by atoms with van der Waals surface area (Å²) < 4.78 is 28.6. The second-order valence-corrected chi connectivity index (χ2v) is 23.4. The number of carboxylic acids is 1. The predicted octanol–water partition coefficient (Wildman–Crippen LogP) is 18.7. The molecule has 0 aromatic heterocycles. The number of unbranched alkanes of at least 4 members (excludes halogenated alkanes) is 35. The number of esters is 3. The Balaban J connectivity index is 2.64. The SMILES string of the molecule is CC/C=C\C/C=C\C/C=C\CCCCCCCCCC(=O)OCC(COC1OC(C(=O)O)C(O)C(O)C1OC(=O)CCCCCCCCCCC/C=C\C/C=C\CCCCC)OC(=O)CCCCCCCCCCCCCCCCCCC. The van der Waals surface area contributed by atoms with Crippen LogP contribution in [0.3, 0.4) is 0 Å². The summed E-state index contributed by atoms with van der Waals surface area (Å²) in [5.74, 6) is -3.11. The lowest BCUT2D eigenvalue weighted by Gasteiger charge is -2.40. The molecular weight excluding hydrogens is 1040 g/mol. The molecule has 480 valence electrons. The maximum Gasteiger partial charge on any atom is 0.335 e. The molecular formula is C71H124O12. The van der Waals surface area contributed by atoms with Crippen LogP contribution < -0.4 is 0 Å². The van der Waals surface area contributed by atoms with E-state index in [0.717, 1.165) is 109 Å². The first kappa shape index (κ1) is 77.4. The fourth-order valence-electron chi connectivity index (χ4n) is 10.4. The molecule has 0 spiro atoms. The van der Waals surface area contributed by atoms with Gasteiger partial charge in [-0.3, -0.25) is 14.4 Å². The number of hydrogen-bond donors (Lipinski definition) is 3. The van der Waals surface area contributed by atoms with Crippen molar-refractivity contribution in [2.75, 3.05) is 13.2 Å². The van der Waals surface area contributed by atoms with E-state index in [1.165, 1.54) is 148 Å². The highest BCUT2D eigenvalue weighted by molar-refractivity contribution is 5.74. The maximum absolute atomic E-state index is 13.2. The molecule has 1 rings (SSSR count). The molecule has 83 heavy (non-hydrogen) atoms. The fourth-order valence-corrected chi connectivity index (χ4v) is 10.4. The molecule has 0 aromatic rings. The second kappa shape index (κ2) is 58.8. The van der Waals surface area contributed by atoms with Crippen molar-refractivity contribution >= 4 is 23.9 Å². The zero-order valence-electron chi connectivity index (χ0n) is 53.2. The summed E-state index contributed by atoms with van der Waals surface area (Å²) in [5, 5.41) is 31.7. The molecule has 1 aliphatic heterocycles. The summed E-state index contributed by atoms with van der Waals surface area (Å²) in [6.07, 6.45) is 61.7. The van der Waals surface area contributed by atoms with Crippen molar-refractivity contribution in [3.05, 3.63) is 60.8 Å². The smallest absolute Gasteiger partial charge is 0.335 e. The highest BCUT2D eigenvalue weighted by Gasteiger charge is 2.50. The van der Waals surface area contributed by atoms with Crippen LogP contribution in [0.5, 0.6) is 0 Å². The Bertz CT molecular complexity index is 1670. The number of aliphatic hydroxyl groups excluding tert-OH is 2. The van der Waals surface area contributed by atoms with E-state index in [1.54, 1.807) is 0 Å². The van der Waals surface area contributed by atoms with Gasteiger partial charge in [0, 0.05) is 19.3 Å². The molecule has 0 bridgehead atoms. The molecule has 12 nitrogen and oxygen atoms in total. The van der Waals surface area contributed by atoms with E-state index < -0.39 is 67.3 Å². The van der Waals surface area contributed by atoms with E-state index >= 15 is 0 Å². The van der Waals surface area contributed by atoms with Gasteiger partial charge in [0.25, 0.3) is 0 Å². The highest BCUT2D eigenvalue weighted by atomic mass is 16.7. The van der Waals surface area contributed by atoms with Gasteiger partial charge in [0.2, 0.25) is 0 Å². The van der Waals surface area contributed by atoms with Crippen molar-refractivity contribution in [3.63, 3.8) is 0 Å². The fraction of sp³-hybridized carbons (Fsp3) is 0.803. The Kier molecular flexibility index (Phi) is 54.8. The Morgan fingerprint density at radius 3 is 1.18 bits per heavy atom. The van der Waals surface area contributed by atoms with Gasteiger partial charge in [-0.05, 0) is 83.5 Å². The molecule has 1 heterocycles. The zero-order valence-corrected chi connectivity index (χ0v) is 53.2. The number of aliphatic hydroxyl groups is 2. The van der Waals surface area contributed by atoms with E-state index in [-0.39, 0.29) is 25.9 Å². The lowest BCUT2D eigenvalue weighted by Crippen LogP contribution is -2.61. The summed E-state index contributed by atoms with van der Waals surface area (Å²) >= 11 is 0. The van der Waals surface area contributed by atoms with Gasteiger partial charge in [-0.15, -0.1) is 0 Å². The largest absolute Gasteiger partial charge is 0.479 e. The summed E-state index contributed by atoms with van der Waals surface area (Å²) in [7, 11) is 0. The standard InChI is InChI=1S/C71H124O12/c1-4-7-10-13-16-19-22-25-28-31-32-35-38-41-44-47-50-53-56-59-65(74)82-69-67(76)66(75)68(70(77)78)83-71(69)80-61-62(81-64(73)58-55-52-49-46-43-40-37-34-30-27-24-21-18-15-12-9-6-3)60-79-63(72)57-54-51-48-45-42-39-36-33-29-26-23-20-17-14-11-8-5-2/h8,11,16-17,19-20,25-26,28-29,62,66-69,71,75-76H,4-7,9-10,12-15,18,21-24,27,30-61H2,1-3H3,(H,77,78)/b11-8-,19-16-,20-17-,28-25-,29-26-. The summed E-state index contributed by atoms with van der Waals surface area (Å²) in [6.45, 7) is 5.91. The van der Waals surface area contributed by atoms with E-state index in [9.17, 15) is 34.5 Å². The molecule has 1 saturated heterocycles. The van der Waals surface area contributed by atoms with Gasteiger partial charge in [-0.1, -0.05) is 274 Å². The monoisotopic (exact) mass is 1170 g/mol. The molecule has 0 aromatic carbocycles. The van der Waals surface area contributed by atoms with Crippen LogP contribution in [0.15, 0.2) is 60.8 Å². The average Bonchev–Trinajstić information content (AvgIpc) is 3.58. The molecule has 0 saturated carbocycles. The van der Waals surface area contributed by atoms with Crippen LogP contribution in [-0.4, -0.2) is 89.2 Å². The number of rotatable bonds is 59. The number of carboxylic acid groups (broad SMARTS) is 1. The van der Waals surface area contributed by atoms with Gasteiger partial charge in [0.05, 0.1) is 6.61 Å². The predicted molar refractivity (Wildman–Crippen MR) is 340 cm³/mol. The number of aliphatic carboxylic acids is 1. The van der Waals surface area contributed by atoms with Crippen LogP contribution in [-0.2, 0) is 42.9 Å². The molecule has 3 N–H and O–H groups in total. The van der Waals surface area contributed by atoms with Crippen LogP contribution in [0.1, 0.15) is 316 Å². The third-order valence-electron chi connectivity index (χ3n) is 15.6. The summed E-state index contributed by atoms with van der Waals surface area (Å²) in [4.78, 5) is 51.4. The van der Waals surface area contributed by atoms with E-state index in [4.69, 9.17) is 23.7 Å². The van der Waals surface area contributed by atoms with Crippen LogP contribution in [0.4, 0.5) is 0 Å². The Hall–Kier alpha value is -3.58. The first-order valence-corrected chi connectivity index (χ1v) is 34.3. The normalized spacial score (nSPS) is 17.9. The van der Waals surface area contributed by atoms with E-state index in [0.29, 0.717) is 19.3 Å². The van der Waals surface area contributed by atoms with Gasteiger partial charge in [-0.25, -0.2) is 4.79 Å². The van der Waals surface area contributed by atoms with Crippen LogP contribution in [0.2, 0.25) is 0 Å².